The van der Waals surface area contributed by atoms with E-state index in [0.29, 0.717) is 103 Å². The van der Waals surface area contributed by atoms with Gasteiger partial charge in [0.25, 0.3) is 11.8 Å². The predicted octanol–water partition coefficient (Wildman–Crippen LogP) is 7.64. The van der Waals surface area contributed by atoms with Gasteiger partial charge in [-0.2, -0.15) is 0 Å². The van der Waals surface area contributed by atoms with E-state index in [-0.39, 0.29) is 84.5 Å². The van der Waals surface area contributed by atoms with Crippen molar-refractivity contribution >= 4 is 93.1 Å². The van der Waals surface area contributed by atoms with Gasteiger partial charge in [0.1, 0.15) is 24.4 Å². The maximum Gasteiger partial charge on any atom is 0.416 e. The summed E-state index contributed by atoms with van der Waals surface area (Å²) in [7, 11) is 6.38. The van der Waals surface area contributed by atoms with Crippen molar-refractivity contribution in [1.29, 1.82) is 0 Å². The molecule has 0 bridgehead atoms. The number of nitrogens with two attached hydrogens (primary N) is 1. The molecular formula is C80H92N12O16. The van der Waals surface area contributed by atoms with E-state index in [9.17, 15) is 48.3 Å². The first-order valence-corrected chi connectivity index (χ1v) is 36.3. The van der Waals surface area contributed by atoms with E-state index < -0.39 is 79.0 Å². The number of benzene rings is 6. The second-order valence-electron chi connectivity index (χ2n) is 28.2. The summed E-state index contributed by atoms with van der Waals surface area (Å²) in [4.78, 5) is 129. The molecule has 1 saturated carbocycles. The maximum absolute atomic E-state index is 14.5. The number of carbonyl (C=O) groups is 9. The van der Waals surface area contributed by atoms with Crippen LogP contribution in [0.15, 0.2) is 128 Å². The molecule has 0 radical (unpaired) electrons. The highest BCUT2D eigenvalue weighted by atomic mass is 16.6. The number of nitrogens with one attached hydrogen (secondary N) is 7. The molecule has 5 heterocycles. The van der Waals surface area contributed by atoms with E-state index in [1.54, 1.807) is 73.0 Å². The monoisotopic (exact) mass is 1480 g/mol. The Labute approximate surface area is 626 Å². The standard InChI is InChI=1S/C80H92N12O16/c1-46(2)72(88-69(95)41-85-68(94)40-84-67(93)27-28-70(96)90-42-50-15-9-10-16-55(50)71(81)73(82-4)56-17-11-12-18-60(56)90)75(98)86-47(3)74(97)87-52-23-19-48(20-24-52)44-108-79(102)92-61-37-66(64(105-7)35-58(61)77(100)91-45-80(29-30-80)38-62(91)78(92)101)107-32-14-8-13-31-106-65-36-59-57(34-63(65)104-6)76(99)89-43-51(33-53(89)39-83-59)49-21-25-54(103-5)26-22-49/h9-12,15-26,34-37,43,46-47,53,62,72,78,82-83,101H,8,13-14,27-33,38-42,44-45,81H2,1-7H3,(H,84,93)(H,85,94)(H,86,98)(H,87,97)(H,88,95)/b73-71-/t47-,53?,62?,72-,78-/m0/s1. The van der Waals surface area contributed by atoms with Gasteiger partial charge in [-0.05, 0) is 128 Å². The second-order valence-corrected chi connectivity index (χ2v) is 28.2. The van der Waals surface area contributed by atoms with Crippen LogP contribution >= 0.6 is 0 Å². The molecule has 5 aliphatic heterocycles. The van der Waals surface area contributed by atoms with Gasteiger partial charge in [0, 0.05) is 68.1 Å². The molecule has 6 aromatic carbocycles. The number of rotatable bonds is 28. The number of ether oxygens (including phenoxy) is 6. The molecule has 12 rings (SSSR count). The van der Waals surface area contributed by atoms with Crippen LogP contribution in [-0.4, -0.2) is 166 Å². The van der Waals surface area contributed by atoms with Gasteiger partial charge < -0.3 is 91.2 Å². The van der Waals surface area contributed by atoms with E-state index in [4.69, 9.17) is 34.2 Å². The van der Waals surface area contributed by atoms with E-state index in [1.807, 2.05) is 85.1 Å². The fourth-order valence-electron chi connectivity index (χ4n) is 14.3. The molecule has 1 aliphatic carbocycles. The summed E-state index contributed by atoms with van der Waals surface area (Å²) in [6.07, 6.45) is 4.03. The molecule has 2 unspecified atom stereocenters. The average molecular weight is 1480 g/mol. The Kier molecular flexibility index (Phi) is 23.4. The molecule has 5 atom stereocenters. The van der Waals surface area contributed by atoms with Gasteiger partial charge in [0.15, 0.2) is 29.2 Å². The number of hydrogen-bond donors (Lipinski definition) is 9. The van der Waals surface area contributed by atoms with Crippen molar-refractivity contribution in [2.75, 3.05) is 88.2 Å². The summed E-state index contributed by atoms with van der Waals surface area (Å²) in [5.74, 6) is -2.29. The number of aliphatic hydroxyl groups is 1. The Morgan fingerprint density at radius 1 is 0.685 bits per heavy atom. The second kappa shape index (κ2) is 33.3. The van der Waals surface area contributed by atoms with Gasteiger partial charge in [-0.15, -0.1) is 0 Å². The van der Waals surface area contributed by atoms with Gasteiger partial charge in [-0.25, -0.2) is 9.69 Å². The van der Waals surface area contributed by atoms with Crippen LogP contribution in [0.25, 0.3) is 17.0 Å². The Hall–Kier alpha value is -11.8. The normalized spacial score (nSPS) is 18.4. The highest BCUT2D eigenvalue weighted by molar-refractivity contribution is 6.07. The third-order valence-corrected chi connectivity index (χ3v) is 20.5. The van der Waals surface area contributed by atoms with Crippen molar-refractivity contribution in [3.8, 4) is 28.7 Å². The molecule has 0 aromatic heterocycles. The van der Waals surface area contributed by atoms with Crippen molar-refractivity contribution in [2.24, 2.45) is 17.1 Å². The number of fused-ring (bicyclic) bond motifs is 6. The van der Waals surface area contributed by atoms with E-state index in [1.165, 1.54) is 33.3 Å². The van der Waals surface area contributed by atoms with Crippen molar-refractivity contribution in [1.82, 2.24) is 36.4 Å². The number of nitrogens with zero attached hydrogens (tertiary/aromatic N) is 4. The quantitative estimate of drug-likeness (QED) is 0.0213. The van der Waals surface area contributed by atoms with Crippen LogP contribution in [0.3, 0.4) is 0 Å². The van der Waals surface area contributed by atoms with Crippen LogP contribution in [0.4, 0.5) is 27.5 Å². The SMILES string of the molecule is CN/C1=C(\N)c2ccccc2CN(C(=O)CCC(=O)NCC(=O)NCC(=O)N[C@H](C(=O)N[C@@H](C)C(=O)Nc2ccc(COC(=O)N3c4cc(OCCCCCOc5cc6c(cc5OC)C(=O)N5C=C(c7ccc(OC)cc7)CC5CN6)c(OC)cc4C(=O)N4CC5(CC5)CC4[C@@H]3O)cc2)C(C)C)c2ccccc21. The van der Waals surface area contributed by atoms with Crippen LogP contribution in [0.2, 0.25) is 0 Å². The van der Waals surface area contributed by atoms with Crippen LogP contribution in [-0.2, 0) is 46.7 Å². The van der Waals surface area contributed by atoms with Gasteiger partial charge in [0.2, 0.25) is 35.4 Å². The van der Waals surface area contributed by atoms with Crippen LogP contribution in [0.1, 0.15) is 127 Å². The summed E-state index contributed by atoms with van der Waals surface area (Å²) >= 11 is 0. The first kappa shape index (κ1) is 75.9. The topological polar surface area (TPSA) is 352 Å². The Morgan fingerprint density at radius 3 is 2.04 bits per heavy atom. The lowest BCUT2D eigenvalue weighted by atomic mass is 9.96. The molecule has 1 spiro atoms. The third-order valence-electron chi connectivity index (χ3n) is 20.5. The lowest BCUT2D eigenvalue weighted by Gasteiger charge is -2.31. The zero-order valence-corrected chi connectivity index (χ0v) is 61.5. The fourth-order valence-corrected chi connectivity index (χ4v) is 14.3. The number of anilines is 4. The van der Waals surface area contributed by atoms with E-state index in [2.05, 4.69) is 37.2 Å². The highest BCUT2D eigenvalue weighted by Gasteiger charge is 2.58. The number of aliphatic hydroxyl groups excluding tert-OH is 1. The minimum Gasteiger partial charge on any atom is -0.497 e. The summed E-state index contributed by atoms with van der Waals surface area (Å²) in [6, 6.07) is 32.6. The van der Waals surface area contributed by atoms with Crippen LogP contribution in [0.5, 0.6) is 28.7 Å². The molecule has 108 heavy (non-hydrogen) atoms. The van der Waals surface area contributed by atoms with Gasteiger partial charge in [-0.3, -0.25) is 38.4 Å². The Balaban J connectivity index is 0.591. The van der Waals surface area contributed by atoms with Crippen LogP contribution in [0, 0.1) is 11.3 Å². The molecule has 10 N–H and O–H groups in total. The summed E-state index contributed by atoms with van der Waals surface area (Å²) in [5, 5.41) is 31.8. The smallest absolute Gasteiger partial charge is 0.416 e. The van der Waals surface area contributed by atoms with Crippen LogP contribution < -0.4 is 76.4 Å². The average Bonchev–Trinajstić information content (AvgIpc) is 1.56. The number of hydrogen-bond acceptors (Lipinski definition) is 19. The Bertz CT molecular complexity index is 4500. The van der Waals surface area contributed by atoms with Crippen molar-refractivity contribution in [3.05, 3.63) is 166 Å². The summed E-state index contributed by atoms with van der Waals surface area (Å²) < 4.78 is 35.3. The Morgan fingerprint density at radius 2 is 1.35 bits per heavy atom. The molecule has 568 valence electrons. The molecule has 1 saturated heterocycles. The van der Waals surface area contributed by atoms with E-state index >= 15 is 0 Å². The minimum absolute atomic E-state index is 0.0773. The largest absolute Gasteiger partial charge is 0.497 e. The zero-order valence-electron chi connectivity index (χ0n) is 61.5. The third kappa shape index (κ3) is 16.9. The van der Waals surface area contributed by atoms with Crippen molar-refractivity contribution in [3.63, 3.8) is 0 Å². The zero-order chi connectivity index (χ0) is 76.5. The molecule has 6 aliphatic rings. The minimum atomic E-state index is -1.48. The molecule has 6 aromatic rings. The summed E-state index contributed by atoms with van der Waals surface area (Å²) in [5.41, 5.74) is 14.9. The van der Waals surface area contributed by atoms with Gasteiger partial charge in [-0.1, -0.05) is 80.6 Å². The molecule has 28 heteroatoms. The number of carbonyl (C=O) groups excluding carboxylic acids is 9. The van der Waals surface area contributed by atoms with Gasteiger partial charge in [0.05, 0.1) is 106 Å². The summed E-state index contributed by atoms with van der Waals surface area (Å²) in [6.45, 7) is 5.33. The first-order chi connectivity index (χ1) is 52.1. The molecule has 2 fully saturated rings. The number of unbranched alkanes of at least 4 members (excludes halogenated alkanes) is 2. The predicted molar refractivity (Wildman–Crippen MR) is 403 cm³/mol. The lowest BCUT2D eigenvalue weighted by molar-refractivity contribution is -0.132. The molecule has 9 amide bonds. The van der Waals surface area contributed by atoms with Crippen molar-refractivity contribution < 1.29 is 76.7 Å². The maximum atomic E-state index is 14.5. The lowest BCUT2D eigenvalue weighted by Crippen LogP contribution is -2.55. The number of amides is 9. The van der Waals surface area contributed by atoms with E-state index in [0.717, 1.165) is 51.3 Å². The first-order valence-electron chi connectivity index (χ1n) is 36.3. The number of methoxy groups -OCH3 is 3. The molecular weight excluding hydrogens is 1380 g/mol. The van der Waals surface area contributed by atoms with Crippen molar-refractivity contribution in [2.45, 2.75) is 122 Å². The fraction of sp³-hybridized carbons (Fsp3) is 0.388. The van der Waals surface area contributed by atoms with Gasteiger partial charge >= 0.3 is 6.09 Å². The molecule has 28 nitrogen and oxygen atoms in total. The number of para-hydroxylation sites is 1. The highest BCUT2D eigenvalue weighted by Crippen LogP contribution is 2.57.